The van der Waals surface area contributed by atoms with Crippen LogP contribution >= 0.6 is 15.9 Å². The van der Waals surface area contributed by atoms with Crippen LogP contribution in [0.2, 0.25) is 0 Å². The van der Waals surface area contributed by atoms with E-state index in [1.807, 2.05) is 56.3 Å². The van der Waals surface area contributed by atoms with Crippen molar-refractivity contribution in [3.63, 3.8) is 0 Å². The number of anilines is 1. The zero-order chi connectivity index (χ0) is 14.5. The second-order valence-electron chi connectivity index (χ2n) is 4.62. The lowest BCUT2D eigenvalue weighted by Crippen LogP contribution is -2.20. The standard InChI is InChI=1S/C16H16BrNO2/c1-11-6-7-15(12(2)8-11)20-10-16(19)18-14-5-3-4-13(17)9-14/h3-9H,10H2,1-2H3,(H,18,19). The van der Waals surface area contributed by atoms with Gasteiger partial charge in [0.2, 0.25) is 0 Å². The molecule has 0 atom stereocenters. The van der Waals surface area contributed by atoms with E-state index < -0.39 is 0 Å². The van der Waals surface area contributed by atoms with Gasteiger partial charge >= 0.3 is 0 Å². The van der Waals surface area contributed by atoms with Gasteiger partial charge in [-0.1, -0.05) is 39.7 Å². The summed E-state index contributed by atoms with van der Waals surface area (Å²) in [6.45, 7) is 3.99. The number of aryl methyl sites for hydroxylation is 2. The van der Waals surface area contributed by atoms with Crippen LogP contribution in [0.4, 0.5) is 5.69 Å². The first kappa shape index (κ1) is 14.6. The van der Waals surface area contributed by atoms with E-state index in [1.165, 1.54) is 5.56 Å². The number of hydrogen-bond donors (Lipinski definition) is 1. The van der Waals surface area contributed by atoms with Gasteiger partial charge in [-0.05, 0) is 43.7 Å². The first-order valence-corrected chi connectivity index (χ1v) is 7.09. The van der Waals surface area contributed by atoms with Crippen LogP contribution in [0.5, 0.6) is 5.75 Å². The molecule has 0 heterocycles. The molecule has 0 spiro atoms. The van der Waals surface area contributed by atoms with Crippen LogP contribution < -0.4 is 10.1 Å². The van der Waals surface area contributed by atoms with E-state index in [4.69, 9.17) is 4.74 Å². The van der Waals surface area contributed by atoms with Gasteiger partial charge in [0.15, 0.2) is 6.61 Å². The molecule has 0 aliphatic rings. The van der Waals surface area contributed by atoms with Gasteiger partial charge in [0.25, 0.3) is 5.91 Å². The summed E-state index contributed by atoms with van der Waals surface area (Å²) in [5.41, 5.74) is 2.95. The van der Waals surface area contributed by atoms with Crippen LogP contribution in [0, 0.1) is 13.8 Å². The smallest absolute Gasteiger partial charge is 0.262 e. The lowest BCUT2D eigenvalue weighted by atomic mass is 10.1. The van der Waals surface area contributed by atoms with Crippen LogP contribution in [0.25, 0.3) is 0 Å². The minimum absolute atomic E-state index is 0.00356. The van der Waals surface area contributed by atoms with Crippen LogP contribution in [0.3, 0.4) is 0 Å². The summed E-state index contributed by atoms with van der Waals surface area (Å²) in [4.78, 5) is 11.8. The SMILES string of the molecule is Cc1ccc(OCC(=O)Nc2cccc(Br)c2)c(C)c1. The highest BCUT2D eigenvalue weighted by Gasteiger charge is 2.05. The van der Waals surface area contributed by atoms with Crippen molar-refractivity contribution in [2.24, 2.45) is 0 Å². The van der Waals surface area contributed by atoms with Crippen LogP contribution in [-0.2, 0) is 4.79 Å². The number of hydrogen-bond acceptors (Lipinski definition) is 2. The molecule has 0 fully saturated rings. The lowest BCUT2D eigenvalue weighted by Gasteiger charge is -2.10. The Morgan fingerprint density at radius 1 is 1.20 bits per heavy atom. The van der Waals surface area contributed by atoms with Gasteiger partial charge in [0, 0.05) is 10.2 Å². The number of benzene rings is 2. The van der Waals surface area contributed by atoms with Crippen molar-refractivity contribution < 1.29 is 9.53 Å². The van der Waals surface area contributed by atoms with Crippen molar-refractivity contribution >= 4 is 27.5 Å². The van der Waals surface area contributed by atoms with Gasteiger partial charge < -0.3 is 10.1 Å². The zero-order valence-corrected chi connectivity index (χ0v) is 13.0. The van der Waals surface area contributed by atoms with E-state index in [9.17, 15) is 4.79 Å². The average Bonchev–Trinajstić information content (AvgIpc) is 2.37. The van der Waals surface area contributed by atoms with E-state index in [1.54, 1.807) is 0 Å². The molecular formula is C16H16BrNO2. The van der Waals surface area contributed by atoms with Crippen LogP contribution in [-0.4, -0.2) is 12.5 Å². The number of nitrogens with one attached hydrogen (secondary N) is 1. The van der Waals surface area contributed by atoms with Gasteiger partial charge in [-0.2, -0.15) is 0 Å². The molecule has 20 heavy (non-hydrogen) atoms. The second kappa shape index (κ2) is 6.57. The molecule has 0 aliphatic carbocycles. The number of carbonyl (C=O) groups excluding carboxylic acids is 1. The van der Waals surface area contributed by atoms with Crippen LogP contribution in [0.15, 0.2) is 46.9 Å². The molecule has 1 N–H and O–H groups in total. The van der Waals surface area contributed by atoms with Gasteiger partial charge in [0.05, 0.1) is 0 Å². The molecule has 0 bridgehead atoms. The molecule has 0 radical (unpaired) electrons. The quantitative estimate of drug-likeness (QED) is 0.915. The second-order valence-corrected chi connectivity index (χ2v) is 5.53. The summed E-state index contributed by atoms with van der Waals surface area (Å²) in [6.07, 6.45) is 0. The molecule has 3 nitrogen and oxygen atoms in total. The summed E-state index contributed by atoms with van der Waals surface area (Å²) in [5.74, 6) is 0.558. The molecule has 0 aromatic heterocycles. The normalized spacial score (nSPS) is 10.2. The predicted octanol–water partition coefficient (Wildman–Crippen LogP) is 4.08. The first-order chi connectivity index (χ1) is 9.54. The fourth-order valence-corrected chi connectivity index (χ4v) is 2.27. The largest absolute Gasteiger partial charge is 0.483 e. The van der Waals surface area contributed by atoms with Crippen molar-refractivity contribution in [3.8, 4) is 5.75 Å². The van der Waals surface area contributed by atoms with Gasteiger partial charge in [0.1, 0.15) is 5.75 Å². The van der Waals surface area contributed by atoms with Gasteiger partial charge in [-0.25, -0.2) is 0 Å². The van der Waals surface area contributed by atoms with E-state index in [2.05, 4.69) is 21.2 Å². The summed E-state index contributed by atoms with van der Waals surface area (Å²) < 4.78 is 6.45. The van der Waals surface area contributed by atoms with Crippen molar-refractivity contribution in [1.29, 1.82) is 0 Å². The molecule has 2 aromatic carbocycles. The number of carbonyl (C=O) groups is 1. The third kappa shape index (κ3) is 4.10. The molecule has 4 heteroatoms. The molecule has 104 valence electrons. The molecule has 1 amide bonds. The molecule has 0 aliphatic heterocycles. The van der Waals surface area contributed by atoms with E-state index in [0.717, 1.165) is 21.5 Å². The van der Waals surface area contributed by atoms with E-state index in [-0.39, 0.29) is 12.5 Å². The molecular weight excluding hydrogens is 318 g/mol. The Morgan fingerprint density at radius 3 is 2.70 bits per heavy atom. The van der Waals surface area contributed by atoms with E-state index >= 15 is 0 Å². The fourth-order valence-electron chi connectivity index (χ4n) is 1.87. The topological polar surface area (TPSA) is 38.3 Å². The number of halogens is 1. The van der Waals surface area contributed by atoms with Gasteiger partial charge in [-0.15, -0.1) is 0 Å². The van der Waals surface area contributed by atoms with E-state index in [0.29, 0.717) is 0 Å². The number of ether oxygens (including phenoxy) is 1. The third-order valence-electron chi connectivity index (χ3n) is 2.80. The maximum absolute atomic E-state index is 11.8. The molecule has 0 saturated heterocycles. The Labute approximate surface area is 127 Å². The minimum atomic E-state index is -0.178. The lowest BCUT2D eigenvalue weighted by molar-refractivity contribution is -0.118. The molecule has 2 rings (SSSR count). The Bertz CT molecular complexity index is 626. The van der Waals surface area contributed by atoms with Crippen molar-refractivity contribution in [2.45, 2.75) is 13.8 Å². The highest BCUT2D eigenvalue weighted by atomic mass is 79.9. The average molecular weight is 334 g/mol. The van der Waals surface area contributed by atoms with Crippen molar-refractivity contribution in [3.05, 3.63) is 58.1 Å². The monoisotopic (exact) mass is 333 g/mol. The Hall–Kier alpha value is -1.81. The first-order valence-electron chi connectivity index (χ1n) is 6.30. The van der Waals surface area contributed by atoms with Crippen molar-refractivity contribution in [2.75, 3.05) is 11.9 Å². The summed E-state index contributed by atoms with van der Waals surface area (Å²) in [6, 6.07) is 13.3. The Kier molecular flexibility index (Phi) is 4.79. The maximum Gasteiger partial charge on any atom is 0.262 e. The fraction of sp³-hybridized carbons (Fsp3) is 0.188. The zero-order valence-electron chi connectivity index (χ0n) is 11.4. The highest BCUT2D eigenvalue weighted by molar-refractivity contribution is 9.10. The molecule has 2 aromatic rings. The summed E-state index contributed by atoms with van der Waals surface area (Å²) >= 11 is 3.36. The number of rotatable bonds is 4. The Morgan fingerprint density at radius 2 is 2.00 bits per heavy atom. The van der Waals surface area contributed by atoms with Crippen molar-refractivity contribution in [1.82, 2.24) is 0 Å². The number of amides is 1. The molecule has 0 saturated carbocycles. The maximum atomic E-state index is 11.8. The molecule has 0 unspecified atom stereocenters. The minimum Gasteiger partial charge on any atom is -0.483 e. The highest BCUT2D eigenvalue weighted by Crippen LogP contribution is 2.19. The Balaban J connectivity index is 1.92. The predicted molar refractivity (Wildman–Crippen MR) is 84.2 cm³/mol. The van der Waals surface area contributed by atoms with Crippen LogP contribution in [0.1, 0.15) is 11.1 Å². The third-order valence-corrected chi connectivity index (χ3v) is 3.29. The summed E-state index contributed by atoms with van der Waals surface area (Å²) in [5, 5.41) is 2.79. The van der Waals surface area contributed by atoms with Gasteiger partial charge in [-0.3, -0.25) is 4.79 Å². The summed E-state index contributed by atoms with van der Waals surface area (Å²) in [7, 11) is 0.